The van der Waals surface area contributed by atoms with Crippen LogP contribution in [0.2, 0.25) is 0 Å². The van der Waals surface area contributed by atoms with E-state index in [0.29, 0.717) is 11.8 Å². The van der Waals surface area contributed by atoms with E-state index in [1.807, 2.05) is 11.8 Å². The minimum Gasteiger partial charge on any atom is -0.0895 e. The molecule has 4 aromatic carbocycles. The van der Waals surface area contributed by atoms with E-state index >= 15 is 0 Å². The molecule has 0 atom stereocenters. The second-order valence-corrected chi connectivity index (χ2v) is 11.5. The summed E-state index contributed by atoms with van der Waals surface area (Å²) >= 11 is 1.96. The monoisotopic (exact) mass is 478 g/mol. The summed E-state index contributed by atoms with van der Waals surface area (Å²) in [4.78, 5) is 2.78. The number of benzene rings is 4. The zero-order chi connectivity index (χ0) is 24.6. The van der Waals surface area contributed by atoms with E-state index in [1.165, 1.54) is 43.2 Å². The van der Waals surface area contributed by atoms with Gasteiger partial charge in [-0.05, 0) is 83.0 Å². The van der Waals surface area contributed by atoms with Crippen molar-refractivity contribution in [2.75, 3.05) is 0 Å². The largest absolute Gasteiger partial charge is 0.0895 e. The lowest BCUT2D eigenvalue weighted by molar-refractivity contribution is 0.642. The third-order valence-electron chi connectivity index (χ3n) is 6.38. The SMILES string of the molecule is CC(C)Cc1cccc(Sc2cccc(CC(C)C)c2Cc2ccccc2)c1Cc1ccccc1. The van der Waals surface area contributed by atoms with E-state index < -0.39 is 0 Å². The molecule has 0 nitrogen and oxygen atoms in total. The van der Waals surface area contributed by atoms with Crippen molar-refractivity contribution in [3.05, 3.63) is 130 Å². The van der Waals surface area contributed by atoms with Crippen LogP contribution in [0.25, 0.3) is 0 Å². The van der Waals surface area contributed by atoms with Crippen LogP contribution >= 0.6 is 11.8 Å². The average molecular weight is 479 g/mol. The summed E-state index contributed by atoms with van der Waals surface area (Å²) in [5.74, 6) is 1.26. The van der Waals surface area contributed by atoms with Gasteiger partial charge in [-0.3, -0.25) is 0 Å². The number of rotatable bonds is 10. The fourth-order valence-corrected chi connectivity index (χ4v) is 5.98. The van der Waals surface area contributed by atoms with Crippen LogP contribution in [0.5, 0.6) is 0 Å². The van der Waals surface area contributed by atoms with E-state index in [1.54, 1.807) is 0 Å². The van der Waals surface area contributed by atoms with E-state index in [9.17, 15) is 0 Å². The summed E-state index contributed by atoms with van der Waals surface area (Å²) in [6.45, 7) is 9.28. The smallest absolute Gasteiger partial charge is 0.0160 e. The zero-order valence-corrected chi connectivity index (χ0v) is 22.4. The Bertz CT molecular complexity index is 1110. The van der Waals surface area contributed by atoms with Gasteiger partial charge in [-0.15, -0.1) is 0 Å². The Balaban J connectivity index is 1.76. The summed E-state index contributed by atoms with van der Waals surface area (Å²) in [5, 5.41) is 0. The Morgan fingerprint density at radius 3 is 1.26 bits per heavy atom. The second kappa shape index (κ2) is 12.3. The van der Waals surface area contributed by atoms with Crippen molar-refractivity contribution < 1.29 is 0 Å². The van der Waals surface area contributed by atoms with Gasteiger partial charge in [-0.1, -0.05) is 124 Å². The van der Waals surface area contributed by atoms with Gasteiger partial charge in [-0.2, -0.15) is 0 Å². The molecule has 0 N–H and O–H groups in total. The van der Waals surface area contributed by atoms with Crippen LogP contribution in [-0.4, -0.2) is 0 Å². The fourth-order valence-electron chi connectivity index (χ4n) is 4.80. The molecule has 180 valence electrons. The Labute approximate surface area is 216 Å². The molecule has 0 spiro atoms. The highest BCUT2D eigenvalue weighted by molar-refractivity contribution is 7.99. The molecule has 4 aromatic rings. The molecule has 0 radical (unpaired) electrons. The normalized spacial score (nSPS) is 11.4. The predicted octanol–water partition coefficient (Wildman–Crippen LogP) is 9.42. The summed E-state index contributed by atoms with van der Waals surface area (Å²) < 4.78 is 0. The molecule has 0 aliphatic carbocycles. The van der Waals surface area contributed by atoms with Crippen LogP contribution in [0.15, 0.2) is 107 Å². The van der Waals surface area contributed by atoms with Gasteiger partial charge in [0.15, 0.2) is 0 Å². The van der Waals surface area contributed by atoms with Crippen LogP contribution in [-0.2, 0) is 25.7 Å². The van der Waals surface area contributed by atoms with Crippen molar-refractivity contribution in [2.45, 2.75) is 63.2 Å². The molecular formula is C34H38S. The first-order valence-electron chi connectivity index (χ1n) is 13.0. The Morgan fingerprint density at radius 2 is 0.886 bits per heavy atom. The maximum atomic E-state index is 2.34. The lowest BCUT2D eigenvalue weighted by Gasteiger charge is -2.20. The highest BCUT2D eigenvalue weighted by atomic mass is 32.2. The second-order valence-electron chi connectivity index (χ2n) is 10.4. The molecule has 0 bridgehead atoms. The molecule has 0 saturated heterocycles. The highest BCUT2D eigenvalue weighted by Gasteiger charge is 2.16. The van der Waals surface area contributed by atoms with Gasteiger partial charge in [0.1, 0.15) is 0 Å². The van der Waals surface area contributed by atoms with Gasteiger partial charge in [0, 0.05) is 9.79 Å². The molecular weight excluding hydrogens is 440 g/mol. The average Bonchev–Trinajstić information content (AvgIpc) is 2.84. The Hall–Kier alpha value is -2.77. The topological polar surface area (TPSA) is 0 Å². The molecule has 0 saturated carbocycles. The minimum atomic E-state index is 0.632. The highest BCUT2D eigenvalue weighted by Crippen LogP contribution is 2.38. The minimum absolute atomic E-state index is 0.632. The van der Waals surface area contributed by atoms with Crippen LogP contribution in [0.1, 0.15) is 61.1 Å². The quantitative estimate of drug-likeness (QED) is 0.219. The maximum absolute atomic E-state index is 2.34. The molecule has 0 unspecified atom stereocenters. The van der Waals surface area contributed by atoms with Crippen molar-refractivity contribution in [1.82, 2.24) is 0 Å². The first kappa shape index (κ1) is 25.3. The van der Waals surface area contributed by atoms with E-state index in [-0.39, 0.29) is 0 Å². The van der Waals surface area contributed by atoms with Gasteiger partial charge in [0.05, 0.1) is 0 Å². The summed E-state index contributed by atoms with van der Waals surface area (Å²) in [7, 11) is 0. The molecule has 4 rings (SSSR count). The van der Waals surface area contributed by atoms with Crippen LogP contribution in [0.3, 0.4) is 0 Å². The number of hydrogen-bond donors (Lipinski definition) is 0. The van der Waals surface area contributed by atoms with Crippen LogP contribution < -0.4 is 0 Å². The Kier molecular flexibility index (Phi) is 8.88. The van der Waals surface area contributed by atoms with E-state index in [2.05, 4.69) is 125 Å². The van der Waals surface area contributed by atoms with Crippen molar-refractivity contribution in [3.8, 4) is 0 Å². The molecule has 0 aliphatic heterocycles. The van der Waals surface area contributed by atoms with Crippen molar-refractivity contribution in [2.24, 2.45) is 11.8 Å². The molecule has 0 aromatic heterocycles. The third kappa shape index (κ3) is 7.12. The van der Waals surface area contributed by atoms with Gasteiger partial charge >= 0.3 is 0 Å². The Morgan fingerprint density at radius 1 is 0.486 bits per heavy atom. The van der Waals surface area contributed by atoms with E-state index in [0.717, 1.165) is 25.7 Å². The molecule has 35 heavy (non-hydrogen) atoms. The standard InChI is InChI=1S/C34H38S/c1-25(2)21-29-17-11-19-33(31(29)23-27-13-7-5-8-14-27)35-34-20-12-18-30(22-26(3)4)32(34)24-28-15-9-6-10-16-28/h5-20,25-26H,21-24H2,1-4H3. The van der Waals surface area contributed by atoms with Gasteiger partial charge in [0.2, 0.25) is 0 Å². The van der Waals surface area contributed by atoms with Crippen molar-refractivity contribution in [1.29, 1.82) is 0 Å². The predicted molar refractivity (Wildman–Crippen MR) is 153 cm³/mol. The first-order chi connectivity index (χ1) is 17.0. The summed E-state index contributed by atoms with van der Waals surface area (Å²) in [6.07, 6.45) is 4.18. The van der Waals surface area contributed by atoms with Gasteiger partial charge in [0.25, 0.3) is 0 Å². The van der Waals surface area contributed by atoms with Crippen LogP contribution in [0, 0.1) is 11.8 Å². The lowest BCUT2D eigenvalue weighted by atomic mass is 9.94. The van der Waals surface area contributed by atoms with Crippen molar-refractivity contribution in [3.63, 3.8) is 0 Å². The first-order valence-corrected chi connectivity index (χ1v) is 13.8. The van der Waals surface area contributed by atoms with E-state index in [4.69, 9.17) is 0 Å². The molecule has 0 heterocycles. The molecule has 0 aliphatic rings. The van der Waals surface area contributed by atoms with Gasteiger partial charge in [-0.25, -0.2) is 0 Å². The number of hydrogen-bond acceptors (Lipinski definition) is 1. The fraction of sp³-hybridized carbons (Fsp3) is 0.294. The van der Waals surface area contributed by atoms with Crippen molar-refractivity contribution >= 4 is 11.8 Å². The lowest BCUT2D eigenvalue weighted by Crippen LogP contribution is -2.04. The van der Waals surface area contributed by atoms with Crippen LogP contribution in [0.4, 0.5) is 0 Å². The molecule has 1 heteroatoms. The summed E-state index contributed by atoms with van der Waals surface area (Å²) in [5.41, 5.74) is 8.69. The third-order valence-corrected chi connectivity index (χ3v) is 7.59. The molecule has 0 fully saturated rings. The zero-order valence-electron chi connectivity index (χ0n) is 21.6. The maximum Gasteiger partial charge on any atom is 0.0160 e. The summed E-state index contributed by atoms with van der Waals surface area (Å²) in [6, 6.07) is 35.7. The molecule has 0 amide bonds. The van der Waals surface area contributed by atoms with Gasteiger partial charge < -0.3 is 0 Å².